The first-order valence-corrected chi connectivity index (χ1v) is 7.60. The minimum atomic E-state index is -0.0852. The van der Waals surface area contributed by atoms with E-state index in [1.165, 1.54) is 0 Å². The number of imidazole rings is 1. The fourth-order valence-electron chi connectivity index (χ4n) is 2.76. The first kappa shape index (κ1) is 15.3. The van der Waals surface area contributed by atoms with Crippen LogP contribution in [0.5, 0.6) is 0 Å². The van der Waals surface area contributed by atoms with Gasteiger partial charge in [-0.1, -0.05) is 6.07 Å². The molecule has 1 aromatic carbocycles. The predicted octanol–water partition coefficient (Wildman–Crippen LogP) is 2.20. The second kappa shape index (κ2) is 6.26. The summed E-state index contributed by atoms with van der Waals surface area (Å²) in [6.45, 7) is 4.42. The largest absolute Gasteiger partial charge is 0.394 e. The molecule has 0 saturated heterocycles. The highest BCUT2D eigenvalue weighted by atomic mass is 16.3. The standard InChI is InChI=1S/C17H20N4O2/c1-11(10-22)21-12(2)20-15-8-14(5-6-16(15)21)19-9-13-4-3-7-18-17(13)23/h3-8,11,19,22H,9-10H2,1-2H3,(H,18,23). The average Bonchev–Trinajstić information content (AvgIpc) is 2.88. The SMILES string of the molecule is Cc1nc2cc(NCc3ccc[nH]c3=O)ccc2n1C(C)CO. The molecule has 1 unspecified atom stereocenters. The summed E-state index contributed by atoms with van der Waals surface area (Å²) in [5.41, 5.74) is 3.37. The van der Waals surface area contributed by atoms with Crippen LogP contribution in [0.15, 0.2) is 41.3 Å². The minimum Gasteiger partial charge on any atom is -0.394 e. The van der Waals surface area contributed by atoms with E-state index in [0.717, 1.165) is 22.5 Å². The summed E-state index contributed by atoms with van der Waals surface area (Å²) in [5, 5.41) is 12.6. The van der Waals surface area contributed by atoms with Gasteiger partial charge in [-0.25, -0.2) is 4.98 Å². The monoisotopic (exact) mass is 312 g/mol. The molecule has 3 aromatic rings. The van der Waals surface area contributed by atoms with Crippen molar-refractivity contribution in [2.75, 3.05) is 11.9 Å². The van der Waals surface area contributed by atoms with E-state index in [-0.39, 0.29) is 18.2 Å². The highest BCUT2D eigenvalue weighted by molar-refractivity contribution is 5.80. The summed E-state index contributed by atoms with van der Waals surface area (Å²) in [5.74, 6) is 0.873. The number of H-pyrrole nitrogens is 1. The van der Waals surface area contributed by atoms with Crippen molar-refractivity contribution in [1.82, 2.24) is 14.5 Å². The lowest BCUT2D eigenvalue weighted by Gasteiger charge is -2.13. The van der Waals surface area contributed by atoms with Crippen LogP contribution in [-0.2, 0) is 6.54 Å². The molecular formula is C17H20N4O2. The van der Waals surface area contributed by atoms with Crippen molar-refractivity contribution in [2.45, 2.75) is 26.4 Å². The third-order valence-corrected chi connectivity index (χ3v) is 3.95. The molecule has 0 amide bonds. The maximum atomic E-state index is 11.7. The Morgan fingerprint density at radius 3 is 2.96 bits per heavy atom. The Balaban J connectivity index is 1.86. The number of aromatic nitrogens is 3. The Kier molecular flexibility index (Phi) is 4.16. The van der Waals surface area contributed by atoms with Gasteiger partial charge in [0.1, 0.15) is 5.82 Å². The first-order valence-electron chi connectivity index (χ1n) is 7.60. The van der Waals surface area contributed by atoms with Crippen LogP contribution in [0.2, 0.25) is 0 Å². The summed E-state index contributed by atoms with van der Waals surface area (Å²) in [6.07, 6.45) is 1.62. The molecule has 0 aliphatic heterocycles. The lowest BCUT2D eigenvalue weighted by molar-refractivity contribution is 0.239. The number of fused-ring (bicyclic) bond motifs is 1. The molecule has 2 aromatic heterocycles. The number of nitrogens with zero attached hydrogens (tertiary/aromatic N) is 2. The Bertz CT molecular complexity index is 882. The van der Waals surface area contributed by atoms with Gasteiger partial charge < -0.3 is 20.0 Å². The molecule has 3 N–H and O–H groups in total. The second-order valence-corrected chi connectivity index (χ2v) is 5.64. The van der Waals surface area contributed by atoms with Gasteiger partial charge in [0.05, 0.1) is 23.7 Å². The number of anilines is 1. The number of hydrogen-bond acceptors (Lipinski definition) is 4. The third-order valence-electron chi connectivity index (χ3n) is 3.95. The number of hydrogen-bond donors (Lipinski definition) is 3. The van der Waals surface area contributed by atoms with Crippen molar-refractivity contribution in [1.29, 1.82) is 0 Å². The molecule has 23 heavy (non-hydrogen) atoms. The zero-order valence-electron chi connectivity index (χ0n) is 13.2. The number of aromatic amines is 1. The van der Waals surface area contributed by atoms with E-state index >= 15 is 0 Å². The van der Waals surface area contributed by atoms with E-state index in [9.17, 15) is 9.90 Å². The highest BCUT2D eigenvalue weighted by Gasteiger charge is 2.12. The van der Waals surface area contributed by atoms with Crippen molar-refractivity contribution in [3.8, 4) is 0 Å². The van der Waals surface area contributed by atoms with E-state index in [2.05, 4.69) is 15.3 Å². The van der Waals surface area contributed by atoms with Gasteiger partial charge in [0.15, 0.2) is 0 Å². The van der Waals surface area contributed by atoms with Crippen molar-refractivity contribution in [3.05, 3.63) is 58.3 Å². The van der Waals surface area contributed by atoms with Crippen LogP contribution in [-0.4, -0.2) is 26.2 Å². The lowest BCUT2D eigenvalue weighted by Crippen LogP contribution is -2.14. The molecular weight excluding hydrogens is 292 g/mol. The van der Waals surface area contributed by atoms with Crippen LogP contribution in [0, 0.1) is 6.92 Å². The summed E-state index contributed by atoms with van der Waals surface area (Å²) in [7, 11) is 0. The molecule has 0 aliphatic rings. The number of rotatable bonds is 5. The molecule has 3 rings (SSSR count). The van der Waals surface area contributed by atoms with Gasteiger partial charge in [0.2, 0.25) is 0 Å². The minimum absolute atomic E-state index is 0.0123. The summed E-state index contributed by atoms with van der Waals surface area (Å²) in [4.78, 5) is 18.9. The zero-order chi connectivity index (χ0) is 16.4. The van der Waals surface area contributed by atoms with Gasteiger partial charge in [-0.2, -0.15) is 0 Å². The van der Waals surface area contributed by atoms with E-state index in [4.69, 9.17) is 0 Å². The van der Waals surface area contributed by atoms with Crippen LogP contribution in [0.1, 0.15) is 24.4 Å². The van der Waals surface area contributed by atoms with Gasteiger partial charge >= 0.3 is 0 Å². The molecule has 2 heterocycles. The average molecular weight is 312 g/mol. The smallest absolute Gasteiger partial charge is 0.252 e. The highest BCUT2D eigenvalue weighted by Crippen LogP contribution is 2.23. The summed E-state index contributed by atoms with van der Waals surface area (Å²) in [6, 6.07) is 9.50. The fraction of sp³-hybridized carbons (Fsp3) is 0.294. The van der Waals surface area contributed by atoms with Crippen molar-refractivity contribution < 1.29 is 5.11 Å². The number of aryl methyl sites for hydroxylation is 1. The van der Waals surface area contributed by atoms with Crippen LogP contribution < -0.4 is 10.9 Å². The number of pyridine rings is 1. The second-order valence-electron chi connectivity index (χ2n) is 5.64. The topological polar surface area (TPSA) is 82.9 Å². The molecule has 0 bridgehead atoms. The lowest BCUT2D eigenvalue weighted by atomic mass is 10.2. The van der Waals surface area contributed by atoms with Gasteiger partial charge in [-0.15, -0.1) is 0 Å². The Hall–Kier alpha value is -2.60. The first-order chi connectivity index (χ1) is 11.1. The Labute approximate surface area is 133 Å². The van der Waals surface area contributed by atoms with E-state index in [0.29, 0.717) is 12.1 Å². The summed E-state index contributed by atoms with van der Waals surface area (Å²) >= 11 is 0. The molecule has 0 aliphatic carbocycles. The molecule has 120 valence electrons. The number of aliphatic hydroxyl groups excluding tert-OH is 1. The Morgan fingerprint density at radius 1 is 1.39 bits per heavy atom. The van der Waals surface area contributed by atoms with Crippen LogP contribution >= 0.6 is 0 Å². The quantitative estimate of drug-likeness (QED) is 0.674. The third kappa shape index (κ3) is 2.98. The maximum Gasteiger partial charge on any atom is 0.252 e. The van der Waals surface area contributed by atoms with Crippen molar-refractivity contribution in [3.63, 3.8) is 0 Å². The molecule has 0 spiro atoms. The summed E-state index contributed by atoms with van der Waals surface area (Å²) < 4.78 is 2.03. The van der Waals surface area contributed by atoms with Crippen LogP contribution in [0.3, 0.4) is 0 Å². The fourth-order valence-corrected chi connectivity index (χ4v) is 2.76. The van der Waals surface area contributed by atoms with Crippen LogP contribution in [0.25, 0.3) is 11.0 Å². The number of benzene rings is 1. The van der Waals surface area contributed by atoms with E-state index in [1.54, 1.807) is 12.3 Å². The van der Waals surface area contributed by atoms with E-state index in [1.807, 2.05) is 42.7 Å². The Morgan fingerprint density at radius 2 is 2.22 bits per heavy atom. The molecule has 0 radical (unpaired) electrons. The maximum absolute atomic E-state index is 11.7. The number of aliphatic hydroxyl groups is 1. The predicted molar refractivity (Wildman–Crippen MR) is 90.7 cm³/mol. The van der Waals surface area contributed by atoms with Crippen molar-refractivity contribution in [2.24, 2.45) is 0 Å². The molecule has 6 nitrogen and oxygen atoms in total. The molecule has 0 fully saturated rings. The van der Waals surface area contributed by atoms with Gasteiger partial charge in [-0.3, -0.25) is 4.79 Å². The van der Waals surface area contributed by atoms with Crippen LogP contribution in [0.4, 0.5) is 5.69 Å². The number of nitrogens with one attached hydrogen (secondary N) is 2. The molecule has 6 heteroatoms. The zero-order valence-corrected chi connectivity index (χ0v) is 13.2. The van der Waals surface area contributed by atoms with E-state index < -0.39 is 0 Å². The van der Waals surface area contributed by atoms with Gasteiger partial charge in [0, 0.05) is 24.0 Å². The van der Waals surface area contributed by atoms with Gasteiger partial charge in [-0.05, 0) is 38.1 Å². The normalized spacial score (nSPS) is 12.5. The molecule has 0 saturated carbocycles. The molecule has 1 atom stereocenters. The van der Waals surface area contributed by atoms with Gasteiger partial charge in [0.25, 0.3) is 5.56 Å². The van der Waals surface area contributed by atoms with Crippen molar-refractivity contribution >= 4 is 16.7 Å².